The Morgan fingerprint density at radius 1 is 0.375 bits per heavy atom. The Labute approximate surface area is 188 Å². The number of hydrogen-bond donors (Lipinski definition) is 0. The Bertz CT molecular complexity index is 1490. The summed E-state index contributed by atoms with van der Waals surface area (Å²) in [5.74, 6) is 0. The van der Waals surface area contributed by atoms with Crippen molar-refractivity contribution in [3.8, 4) is 22.3 Å². The molecule has 0 bridgehead atoms. The number of benzene rings is 5. The van der Waals surface area contributed by atoms with Crippen molar-refractivity contribution in [1.29, 1.82) is 0 Å². The molecule has 3 aliphatic carbocycles. The Morgan fingerprint density at radius 2 is 0.781 bits per heavy atom. The lowest BCUT2D eigenvalue weighted by Gasteiger charge is -2.23. The molecule has 0 fully saturated rings. The van der Waals surface area contributed by atoms with Gasteiger partial charge in [0.15, 0.2) is 0 Å². The van der Waals surface area contributed by atoms with E-state index < -0.39 is 0 Å². The summed E-state index contributed by atoms with van der Waals surface area (Å²) in [7, 11) is 0. The Morgan fingerprint density at radius 3 is 1.25 bits per heavy atom. The highest BCUT2D eigenvalue weighted by Crippen LogP contribution is 2.52. The van der Waals surface area contributed by atoms with Crippen LogP contribution in [0, 0.1) is 0 Å². The van der Waals surface area contributed by atoms with Crippen LogP contribution >= 0.6 is 0 Å². The van der Waals surface area contributed by atoms with Crippen LogP contribution in [0.4, 0.5) is 0 Å². The van der Waals surface area contributed by atoms with Crippen LogP contribution in [-0.2, 0) is 25.7 Å². The minimum Gasteiger partial charge on any atom is -0.0620 e. The van der Waals surface area contributed by atoms with Crippen LogP contribution in [0.1, 0.15) is 44.5 Å². The molecule has 0 spiro atoms. The normalized spacial score (nSPS) is 14.4. The summed E-state index contributed by atoms with van der Waals surface area (Å²) in [6.45, 7) is 0. The summed E-state index contributed by atoms with van der Waals surface area (Å²) in [6.07, 6.45) is 4.23. The lowest BCUT2D eigenvalue weighted by atomic mass is 9.81. The smallest absolute Gasteiger partial charge is 0.00101 e. The van der Waals surface area contributed by atoms with Crippen molar-refractivity contribution in [3.63, 3.8) is 0 Å². The van der Waals surface area contributed by atoms with Gasteiger partial charge in [-0.1, -0.05) is 72.8 Å². The van der Waals surface area contributed by atoms with Gasteiger partial charge in [-0.25, -0.2) is 0 Å². The van der Waals surface area contributed by atoms with Gasteiger partial charge in [0.05, 0.1) is 0 Å². The van der Waals surface area contributed by atoms with Crippen LogP contribution in [0.3, 0.4) is 0 Å². The summed E-state index contributed by atoms with van der Waals surface area (Å²) in [6, 6.07) is 32.2. The fourth-order valence-electron chi connectivity index (χ4n) is 6.59. The van der Waals surface area contributed by atoms with Gasteiger partial charge in [0.25, 0.3) is 0 Å². The van der Waals surface area contributed by atoms with Crippen LogP contribution < -0.4 is 0 Å². The molecule has 0 unspecified atom stereocenters. The summed E-state index contributed by atoms with van der Waals surface area (Å²) in [5, 5.41) is 2.91. The van der Waals surface area contributed by atoms with Crippen LogP contribution in [-0.4, -0.2) is 0 Å². The largest absolute Gasteiger partial charge is 0.0620 e. The third-order valence-corrected chi connectivity index (χ3v) is 8.03. The van der Waals surface area contributed by atoms with E-state index in [2.05, 4.69) is 84.9 Å². The molecule has 0 N–H and O–H groups in total. The van der Waals surface area contributed by atoms with Crippen molar-refractivity contribution < 1.29 is 0 Å². The molecule has 0 nitrogen and oxygen atoms in total. The quantitative estimate of drug-likeness (QED) is 0.245. The molecule has 0 amide bonds. The SMILES string of the molecule is c1ccc2c(c1)Cc1cc3c4c(c5c(c3cc1C2)-c1ccccc1C5)Cc1ccccc1-4. The van der Waals surface area contributed by atoms with Crippen LogP contribution in [0.2, 0.25) is 0 Å². The molecule has 150 valence electrons. The lowest BCUT2D eigenvalue weighted by molar-refractivity contribution is 1.01. The first kappa shape index (κ1) is 17.0. The third-order valence-electron chi connectivity index (χ3n) is 8.03. The topological polar surface area (TPSA) is 0 Å². The molecule has 0 radical (unpaired) electrons. The average molecular weight is 407 g/mol. The van der Waals surface area contributed by atoms with E-state index in [9.17, 15) is 0 Å². The maximum absolute atomic E-state index is 2.54. The van der Waals surface area contributed by atoms with Gasteiger partial charge in [0.1, 0.15) is 0 Å². The van der Waals surface area contributed by atoms with Crippen LogP contribution in [0.5, 0.6) is 0 Å². The molecule has 0 aromatic heterocycles. The molecule has 5 aromatic carbocycles. The van der Waals surface area contributed by atoms with Crippen molar-refractivity contribution >= 4 is 10.8 Å². The first-order chi connectivity index (χ1) is 15.8. The zero-order valence-corrected chi connectivity index (χ0v) is 17.9. The fraction of sp³-hybridized carbons (Fsp3) is 0.125. The zero-order chi connectivity index (χ0) is 20.8. The summed E-state index contributed by atoms with van der Waals surface area (Å²) < 4.78 is 0. The second kappa shape index (κ2) is 5.99. The number of rotatable bonds is 0. The predicted octanol–water partition coefficient (Wildman–Crippen LogP) is 7.48. The van der Waals surface area contributed by atoms with Crippen molar-refractivity contribution in [2.24, 2.45) is 0 Å². The van der Waals surface area contributed by atoms with E-state index in [1.807, 2.05) is 0 Å². The lowest BCUT2D eigenvalue weighted by Crippen LogP contribution is -2.07. The molecule has 0 heteroatoms. The molecule has 0 saturated carbocycles. The summed E-state index contributed by atoms with van der Waals surface area (Å²) in [5.41, 5.74) is 18.0. The highest BCUT2D eigenvalue weighted by molar-refractivity contribution is 6.11. The Kier molecular flexibility index (Phi) is 3.18. The van der Waals surface area contributed by atoms with Gasteiger partial charge in [-0.3, -0.25) is 0 Å². The molecule has 0 aliphatic heterocycles. The molecule has 5 aromatic rings. The van der Waals surface area contributed by atoms with E-state index in [0.29, 0.717) is 0 Å². The molecule has 32 heavy (non-hydrogen) atoms. The molecular formula is C32H22. The van der Waals surface area contributed by atoms with Crippen LogP contribution in [0.25, 0.3) is 33.0 Å². The molecule has 0 heterocycles. The van der Waals surface area contributed by atoms with E-state index >= 15 is 0 Å². The van der Waals surface area contributed by atoms with Gasteiger partial charge in [-0.2, -0.15) is 0 Å². The minimum absolute atomic E-state index is 1.05. The Hall–Kier alpha value is -3.64. The second-order valence-electron chi connectivity index (χ2n) is 9.66. The summed E-state index contributed by atoms with van der Waals surface area (Å²) >= 11 is 0. The molecule has 8 rings (SSSR count). The zero-order valence-electron chi connectivity index (χ0n) is 17.9. The highest BCUT2D eigenvalue weighted by atomic mass is 14.3. The first-order valence-corrected chi connectivity index (χ1v) is 11.7. The van der Waals surface area contributed by atoms with E-state index in [-0.39, 0.29) is 0 Å². The second-order valence-corrected chi connectivity index (χ2v) is 9.66. The van der Waals surface area contributed by atoms with Crippen molar-refractivity contribution in [2.45, 2.75) is 25.7 Å². The predicted molar refractivity (Wildman–Crippen MR) is 132 cm³/mol. The van der Waals surface area contributed by atoms with Crippen molar-refractivity contribution in [3.05, 3.63) is 129 Å². The van der Waals surface area contributed by atoms with Gasteiger partial charge < -0.3 is 0 Å². The fourth-order valence-corrected chi connectivity index (χ4v) is 6.59. The minimum atomic E-state index is 1.05. The maximum Gasteiger partial charge on any atom is -0.00101 e. The van der Waals surface area contributed by atoms with Gasteiger partial charge in [-0.05, 0) is 115 Å². The Balaban J connectivity index is 1.49. The van der Waals surface area contributed by atoms with Gasteiger partial charge in [0.2, 0.25) is 0 Å². The van der Waals surface area contributed by atoms with Gasteiger partial charge in [0, 0.05) is 0 Å². The summed E-state index contributed by atoms with van der Waals surface area (Å²) in [4.78, 5) is 0. The van der Waals surface area contributed by atoms with E-state index in [1.54, 1.807) is 11.1 Å². The van der Waals surface area contributed by atoms with Gasteiger partial charge >= 0.3 is 0 Å². The van der Waals surface area contributed by atoms with Crippen molar-refractivity contribution in [2.75, 3.05) is 0 Å². The molecule has 0 saturated heterocycles. The molecule has 3 aliphatic rings. The first-order valence-electron chi connectivity index (χ1n) is 11.7. The number of hydrogen-bond acceptors (Lipinski definition) is 0. The van der Waals surface area contributed by atoms with Gasteiger partial charge in [-0.15, -0.1) is 0 Å². The average Bonchev–Trinajstić information content (AvgIpc) is 3.41. The number of fused-ring (bicyclic) bond motifs is 12. The maximum atomic E-state index is 2.54. The highest BCUT2D eigenvalue weighted by Gasteiger charge is 2.31. The molecular weight excluding hydrogens is 384 g/mol. The monoisotopic (exact) mass is 406 g/mol. The standard InChI is InChI=1S/C32H22/c1-2-8-20-14-24-18-30-29(17-23(24)13-19(20)7-1)31-25-11-5-3-9-21(25)15-27(31)28-16-22-10-4-6-12-26(22)32(28)30/h1-12,17-18H,13-16H2. The van der Waals surface area contributed by atoms with E-state index in [0.717, 1.165) is 25.7 Å². The van der Waals surface area contributed by atoms with E-state index in [4.69, 9.17) is 0 Å². The van der Waals surface area contributed by atoms with Crippen molar-refractivity contribution in [1.82, 2.24) is 0 Å². The third kappa shape index (κ3) is 2.12. The van der Waals surface area contributed by atoms with E-state index in [1.165, 1.54) is 66.4 Å². The molecule has 0 atom stereocenters. The van der Waals surface area contributed by atoms with Crippen LogP contribution in [0.15, 0.2) is 84.9 Å².